The number of hydrogen-bond donors (Lipinski definition) is 3. The molecule has 0 aromatic carbocycles. The van der Waals surface area contributed by atoms with Gasteiger partial charge in [0, 0.05) is 12.3 Å². The van der Waals surface area contributed by atoms with Crippen LogP contribution in [0.15, 0.2) is 12.1 Å². The smallest absolute Gasteiger partial charge is 0.369 e. The summed E-state index contributed by atoms with van der Waals surface area (Å²) in [5.74, 6) is 4.57. The van der Waals surface area contributed by atoms with E-state index >= 15 is 0 Å². The van der Waals surface area contributed by atoms with E-state index < -0.39 is 21.6 Å². The first-order valence-corrected chi connectivity index (χ1v) is 7.50. The maximum atomic E-state index is 12.6. The van der Waals surface area contributed by atoms with Gasteiger partial charge in [-0.15, -0.1) is 0 Å². The van der Waals surface area contributed by atoms with Crippen molar-refractivity contribution in [1.82, 2.24) is 4.98 Å². The van der Waals surface area contributed by atoms with Crippen LogP contribution in [-0.4, -0.2) is 31.5 Å². The molecule has 0 aliphatic heterocycles. The first kappa shape index (κ1) is 16.5. The van der Waals surface area contributed by atoms with Crippen molar-refractivity contribution in [3.05, 3.63) is 17.7 Å². The van der Waals surface area contributed by atoms with E-state index in [1.807, 2.05) is 5.43 Å². The minimum absolute atomic E-state index is 0.0275. The number of pyridine rings is 1. The zero-order chi connectivity index (χ0) is 15.4. The molecule has 0 unspecified atom stereocenters. The molecular weight excluding hydrogens is 297 g/mol. The highest BCUT2D eigenvalue weighted by Crippen LogP contribution is 2.31. The fraction of sp³-hybridized carbons (Fsp3) is 0.500. The summed E-state index contributed by atoms with van der Waals surface area (Å²) in [5, 5.41) is 2.54. The number of nitrogens with one attached hydrogen (secondary N) is 2. The lowest BCUT2D eigenvalue weighted by Crippen LogP contribution is -2.19. The number of rotatable bonds is 6. The van der Waals surface area contributed by atoms with E-state index in [0.717, 1.165) is 12.1 Å². The summed E-state index contributed by atoms with van der Waals surface area (Å²) in [6.45, 7) is 1.46. The lowest BCUT2D eigenvalue weighted by atomic mass is 10.2. The van der Waals surface area contributed by atoms with Crippen LogP contribution < -0.4 is 16.6 Å². The molecule has 1 aromatic rings. The van der Waals surface area contributed by atoms with Crippen LogP contribution >= 0.6 is 0 Å². The largest absolute Gasteiger partial charge is 0.416 e. The number of nitrogens with zero attached hydrogens (tertiary/aromatic N) is 1. The van der Waals surface area contributed by atoms with Gasteiger partial charge in [0.25, 0.3) is 0 Å². The van der Waals surface area contributed by atoms with E-state index in [0.29, 0.717) is 0 Å². The minimum Gasteiger partial charge on any atom is -0.369 e. The number of hydrogen-bond acceptors (Lipinski definition) is 6. The van der Waals surface area contributed by atoms with Crippen molar-refractivity contribution in [3.63, 3.8) is 0 Å². The van der Waals surface area contributed by atoms with Gasteiger partial charge < -0.3 is 10.7 Å². The number of hydrazine groups is 1. The standard InChI is InChI=1S/C10H15F3N4O2S/c1-2-20(18,19)4-3-15-8-5-7(10(11,12)13)6-9(16-8)17-14/h5-6H,2-4,14H2,1H3,(H2,15,16,17). The Bertz CT molecular complexity index is 560. The lowest BCUT2D eigenvalue weighted by Gasteiger charge is -2.12. The molecule has 0 fully saturated rings. The molecule has 0 atom stereocenters. The molecule has 0 saturated heterocycles. The van der Waals surface area contributed by atoms with E-state index in [1.165, 1.54) is 6.92 Å². The van der Waals surface area contributed by atoms with Gasteiger partial charge in [0.05, 0.1) is 11.3 Å². The Balaban J connectivity index is 2.85. The maximum absolute atomic E-state index is 12.6. The Labute approximate surface area is 114 Å². The monoisotopic (exact) mass is 312 g/mol. The molecule has 0 aliphatic rings. The normalized spacial score (nSPS) is 12.2. The molecule has 1 aromatic heterocycles. The molecule has 0 saturated carbocycles. The van der Waals surface area contributed by atoms with Crippen LogP contribution in [0.4, 0.5) is 24.8 Å². The van der Waals surface area contributed by atoms with Crippen molar-refractivity contribution in [2.24, 2.45) is 5.84 Å². The second-order valence-electron chi connectivity index (χ2n) is 3.93. The highest BCUT2D eigenvalue weighted by Gasteiger charge is 2.31. The number of nitrogens with two attached hydrogens (primary N) is 1. The lowest BCUT2D eigenvalue weighted by molar-refractivity contribution is -0.137. The molecule has 0 spiro atoms. The molecule has 6 nitrogen and oxygen atoms in total. The molecule has 20 heavy (non-hydrogen) atoms. The Hall–Kier alpha value is -1.55. The van der Waals surface area contributed by atoms with E-state index in [9.17, 15) is 21.6 Å². The van der Waals surface area contributed by atoms with Crippen molar-refractivity contribution in [1.29, 1.82) is 0 Å². The fourth-order valence-electron chi connectivity index (χ4n) is 1.34. The Morgan fingerprint density at radius 3 is 2.40 bits per heavy atom. The van der Waals surface area contributed by atoms with Crippen molar-refractivity contribution < 1.29 is 21.6 Å². The predicted octanol–water partition coefficient (Wildman–Crippen LogP) is 1.23. The van der Waals surface area contributed by atoms with Crippen LogP contribution in [0.3, 0.4) is 0 Å². The first-order valence-electron chi connectivity index (χ1n) is 5.68. The highest BCUT2D eigenvalue weighted by atomic mass is 32.2. The van der Waals surface area contributed by atoms with Crippen LogP contribution in [0.2, 0.25) is 0 Å². The van der Waals surface area contributed by atoms with Crippen LogP contribution in [0.1, 0.15) is 12.5 Å². The van der Waals surface area contributed by atoms with E-state index in [-0.39, 0.29) is 29.7 Å². The van der Waals surface area contributed by atoms with Crippen LogP contribution in [-0.2, 0) is 16.0 Å². The Morgan fingerprint density at radius 1 is 1.30 bits per heavy atom. The summed E-state index contributed by atoms with van der Waals surface area (Å²) in [6.07, 6.45) is -4.54. The molecule has 0 aliphatic carbocycles. The van der Waals surface area contributed by atoms with Crippen LogP contribution in [0, 0.1) is 0 Å². The minimum atomic E-state index is -4.54. The molecule has 0 radical (unpaired) electrons. The van der Waals surface area contributed by atoms with Gasteiger partial charge in [-0.3, -0.25) is 0 Å². The topological polar surface area (TPSA) is 97.1 Å². The fourth-order valence-corrected chi connectivity index (χ4v) is 2.04. The van der Waals surface area contributed by atoms with E-state index in [1.54, 1.807) is 0 Å². The van der Waals surface area contributed by atoms with Gasteiger partial charge in [-0.2, -0.15) is 13.2 Å². The van der Waals surface area contributed by atoms with Gasteiger partial charge in [-0.25, -0.2) is 19.2 Å². The van der Waals surface area contributed by atoms with Crippen molar-refractivity contribution in [2.75, 3.05) is 28.8 Å². The molecule has 0 amide bonds. The molecule has 1 heterocycles. The number of aromatic nitrogens is 1. The summed E-state index contributed by atoms with van der Waals surface area (Å²) in [6, 6.07) is 1.55. The zero-order valence-electron chi connectivity index (χ0n) is 10.7. The van der Waals surface area contributed by atoms with E-state index in [2.05, 4.69) is 10.3 Å². The van der Waals surface area contributed by atoms with E-state index in [4.69, 9.17) is 5.84 Å². The number of sulfone groups is 1. The number of halogens is 3. The SMILES string of the molecule is CCS(=O)(=O)CCNc1cc(C(F)(F)F)cc(NN)n1. The average molecular weight is 312 g/mol. The van der Waals surface area contributed by atoms with Crippen molar-refractivity contribution >= 4 is 21.5 Å². The van der Waals surface area contributed by atoms with Crippen molar-refractivity contribution in [3.8, 4) is 0 Å². The summed E-state index contributed by atoms with van der Waals surface area (Å²) in [5.41, 5.74) is 1.10. The third kappa shape index (κ3) is 4.85. The summed E-state index contributed by atoms with van der Waals surface area (Å²) < 4.78 is 60.4. The number of nitrogen functional groups attached to an aromatic ring is 1. The maximum Gasteiger partial charge on any atom is 0.416 e. The zero-order valence-corrected chi connectivity index (χ0v) is 11.5. The third-order valence-electron chi connectivity index (χ3n) is 2.46. The summed E-state index contributed by atoms with van der Waals surface area (Å²) in [7, 11) is -3.20. The van der Waals surface area contributed by atoms with Crippen LogP contribution in [0.25, 0.3) is 0 Å². The van der Waals surface area contributed by atoms with Crippen LogP contribution in [0.5, 0.6) is 0 Å². The van der Waals surface area contributed by atoms with Gasteiger partial charge in [0.2, 0.25) is 0 Å². The number of alkyl halides is 3. The molecule has 0 bridgehead atoms. The van der Waals surface area contributed by atoms with Crippen molar-refractivity contribution in [2.45, 2.75) is 13.1 Å². The second-order valence-corrected chi connectivity index (χ2v) is 6.40. The number of anilines is 2. The van der Waals surface area contributed by atoms with Gasteiger partial charge in [0.1, 0.15) is 11.6 Å². The predicted molar refractivity (Wildman–Crippen MR) is 69.9 cm³/mol. The third-order valence-corrected chi connectivity index (χ3v) is 4.17. The second kappa shape index (κ2) is 6.27. The Morgan fingerprint density at radius 2 is 1.90 bits per heavy atom. The molecule has 114 valence electrons. The Kier molecular flexibility index (Phi) is 5.17. The summed E-state index contributed by atoms with van der Waals surface area (Å²) >= 11 is 0. The molecule has 4 N–H and O–H groups in total. The van der Waals surface area contributed by atoms with Gasteiger partial charge in [-0.05, 0) is 12.1 Å². The highest BCUT2D eigenvalue weighted by molar-refractivity contribution is 7.91. The first-order chi connectivity index (χ1) is 9.18. The quantitative estimate of drug-likeness (QED) is 0.540. The van der Waals surface area contributed by atoms with Gasteiger partial charge in [0.15, 0.2) is 9.84 Å². The molecule has 10 heteroatoms. The summed E-state index contributed by atoms with van der Waals surface area (Å²) in [4.78, 5) is 3.77. The van der Waals surface area contributed by atoms with Gasteiger partial charge >= 0.3 is 6.18 Å². The van der Waals surface area contributed by atoms with Gasteiger partial charge in [-0.1, -0.05) is 6.92 Å². The molecular formula is C10H15F3N4O2S. The average Bonchev–Trinajstić information content (AvgIpc) is 2.37. The molecule has 1 rings (SSSR count).